The lowest BCUT2D eigenvalue weighted by atomic mass is 9.81. The molecule has 0 unspecified atom stereocenters. The molecule has 0 bridgehead atoms. The van der Waals surface area contributed by atoms with E-state index < -0.39 is 0 Å². The average molecular weight is 415 g/mol. The third-order valence-corrected chi connectivity index (χ3v) is 6.27. The molecule has 1 fully saturated rings. The molecule has 2 aromatic carbocycles. The Morgan fingerprint density at radius 3 is 1.97 bits per heavy atom. The molecular formula is C30H38O. The van der Waals surface area contributed by atoms with Crippen molar-refractivity contribution < 1.29 is 4.74 Å². The van der Waals surface area contributed by atoms with Gasteiger partial charge in [-0.1, -0.05) is 78.9 Å². The number of allylic oxidation sites excluding steroid dienone is 4. The molecule has 164 valence electrons. The van der Waals surface area contributed by atoms with Crippen LogP contribution in [0.1, 0.15) is 56.6 Å². The van der Waals surface area contributed by atoms with Gasteiger partial charge in [0.05, 0.1) is 13.2 Å². The smallest absolute Gasteiger partial charge is 0.0717 e. The minimum absolute atomic E-state index is 0.664. The second kappa shape index (κ2) is 13.1. The van der Waals surface area contributed by atoms with Crippen molar-refractivity contribution in [1.29, 1.82) is 0 Å². The van der Waals surface area contributed by atoms with Crippen molar-refractivity contribution in [3.8, 4) is 11.1 Å². The van der Waals surface area contributed by atoms with Crippen molar-refractivity contribution in [2.45, 2.75) is 58.5 Å². The molecule has 0 radical (unpaired) electrons. The van der Waals surface area contributed by atoms with Gasteiger partial charge < -0.3 is 4.74 Å². The van der Waals surface area contributed by atoms with Gasteiger partial charge >= 0.3 is 0 Å². The summed E-state index contributed by atoms with van der Waals surface area (Å²) >= 11 is 0. The van der Waals surface area contributed by atoms with Crippen LogP contribution in [0.4, 0.5) is 0 Å². The molecule has 0 saturated heterocycles. The second-order valence-corrected chi connectivity index (χ2v) is 8.69. The van der Waals surface area contributed by atoms with Crippen LogP contribution in [0.3, 0.4) is 0 Å². The van der Waals surface area contributed by atoms with Crippen molar-refractivity contribution in [2.75, 3.05) is 6.61 Å². The van der Waals surface area contributed by atoms with Crippen LogP contribution in [0, 0.1) is 11.8 Å². The van der Waals surface area contributed by atoms with Crippen LogP contribution >= 0.6 is 0 Å². The number of rotatable bonds is 11. The maximum Gasteiger partial charge on any atom is 0.0717 e. The van der Waals surface area contributed by atoms with Crippen LogP contribution in [0.2, 0.25) is 0 Å². The van der Waals surface area contributed by atoms with Crippen molar-refractivity contribution in [3.63, 3.8) is 0 Å². The minimum Gasteiger partial charge on any atom is -0.376 e. The summed E-state index contributed by atoms with van der Waals surface area (Å²) in [5, 5.41) is 0. The van der Waals surface area contributed by atoms with E-state index in [9.17, 15) is 0 Å². The lowest BCUT2D eigenvalue weighted by Gasteiger charge is -2.24. The molecule has 1 nitrogen and oxygen atoms in total. The van der Waals surface area contributed by atoms with E-state index in [0.29, 0.717) is 6.61 Å². The van der Waals surface area contributed by atoms with Crippen LogP contribution in [0.5, 0.6) is 0 Å². The zero-order valence-electron chi connectivity index (χ0n) is 19.1. The van der Waals surface area contributed by atoms with Gasteiger partial charge in [-0.3, -0.25) is 0 Å². The normalized spacial score (nSPS) is 19.3. The van der Waals surface area contributed by atoms with Crippen molar-refractivity contribution in [3.05, 3.63) is 96.6 Å². The molecule has 3 rings (SSSR count). The molecule has 1 aliphatic rings. The first-order valence-corrected chi connectivity index (χ1v) is 11.9. The largest absolute Gasteiger partial charge is 0.376 e. The van der Waals surface area contributed by atoms with Crippen molar-refractivity contribution >= 4 is 0 Å². The standard InChI is InChI=1S/C30H38O/c1-3-5-23-31-24-28-17-21-30(22-18-28)29-19-15-27(16-20-29)10-7-6-9-26-13-11-25(8-4-2)12-14-26/h3-4,6,8-9,15-22,25-26H,1,5,7,10-14,23-24H2,2H3/b8-4+,9-6?. The van der Waals surface area contributed by atoms with Crippen LogP contribution in [0.15, 0.2) is 85.5 Å². The number of benzene rings is 2. The molecule has 31 heavy (non-hydrogen) atoms. The van der Waals surface area contributed by atoms with Crippen molar-refractivity contribution in [2.24, 2.45) is 11.8 Å². The summed E-state index contributed by atoms with van der Waals surface area (Å²) < 4.78 is 5.64. The van der Waals surface area contributed by atoms with E-state index >= 15 is 0 Å². The Kier molecular flexibility index (Phi) is 9.86. The lowest BCUT2D eigenvalue weighted by Crippen LogP contribution is -2.11. The fourth-order valence-corrected chi connectivity index (χ4v) is 4.35. The molecule has 0 atom stereocenters. The molecule has 0 N–H and O–H groups in total. The highest BCUT2D eigenvalue weighted by Crippen LogP contribution is 2.30. The molecular weight excluding hydrogens is 376 g/mol. The summed E-state index contributed by atoms with van der Waals surface area (Å²) in [4.78, 5) is 0. The van der Waals surface area contributed by atoms with E-state index in [4.69, 9.17) is 4.74 Å². The van der Waals surface area contributed by atoms with E-state index in [1.165, 1.54) is 47.9 Å². The third-order valence-electron chi connectivity index (χ3n) is 6.27. The Morgan fingerprint density at radius 1 is 0.806 bits per heavy atom. The van der Waals surface area contributed by atoms with Gasteiger partial charge in [-0.25, -0.2) is 0 Å². The number of ether oxygens (including phenoxy) is 1. The maximum absolute atomic E-state index is 5.64. The quantitative estimate of drug-likeness (QED) is 0.265. The highest BCUT2D eigenvalue weighted by atomic mass is 16.5. The maximum atomic E-state index is 5.64. The fourth-order valence-electron chi connectivity index (χ4n) is 4.35. The van der Waals surface area contributed by atoms with E-state index in [2.05, 4.69) is 86.3 Å². The van der Waals surface area contributed by atoms with Crippen LogP contribution in [0.25, 0.3) is 11.1 Å². The fraction of sp³-hybridized carbons (Fsp3) is 0.400. The van der Waals surface area contributed by atoms with Gasteiger partial charge in [-0.05, 0) is 86.0 Å². The summed E-state index contributed by atoms with van der Waals surface area (Å²) in [5.74, 6) is 1.61. The Hall–Kier alpha value is -2.38. The van der Waals surface area contributed by atoms with E-state index in [0.717, 1.165) is 37.7 Å². The number of hydrogen-bond donors (Lipinski definition) is 0. The van der Waals surface area contributed by atoms with Gasteiger partial charge in [0.15, 0.2) is 0 Å². The number of aryl methyl sites for hydroxylation is 1. The Morgan fingerprint density at radius 2 is 1.39 bits per heavy atom. The molecule has 1 heteroatoms. The van der Waals surface area contributed by atoms with Crippen LogP contribution in [-0.2, 0) is 17.8 Å². The van der Waals surface area contributed by atoms with Gasteiger partial charge in [0.25, 0.3) is 0 Å². The first-order valence-electron chi connectivity index (χ1n) is 11.9. The summed E-state index contributed by atoms with van der Waals surface area (Å²) in [6.45, 7) is 7.26. The van der Waals surface area contributed by atoms with Gasteiger partial charge in [-0.15, -0.1) is 6.58 Å². The topological polar surface area (TPSA) is 9.23 Å². The molecule has 2 aromatic rings. The highest BCUT2D eigenvalue weighted by Gasteiger charge is 2.16. The summed E-state index contributed by atoms with van der Waals surface area (Å²) in [7, 11) is 0. The molecule has 0 amide bonds. The minimum atomic E-state index is 0.664. The Bertz CT molecular complexity index is 818. The summed E-state index contributed by atoms with van der Waals surface area (Å²) in [5.41, 5.74) is 5.16. The molecule has 1 saturated carbocycles. The summed E-state index contributed by atoms with van der Waals surface area (Å²) in [6.07, 6.45) is 19.9. The van der Waals surface area contributed by atoms with E-state index in [1.54, 1.807) is 0 Å². The molecule has 1 aliphatic carbocycles. The lowest BCUT2D eigenvalue weighted by molar-refractivity contribution is 0.125. The number of hydrogen-bond acceptors (Lipinski definition) is 1. The SMILES string of the molecule is C=CCCOCc1ccc(-c2ccc(CCC=CC3CCC(/C=C/C)CC3)cc2)cc1. The third kappa shape index (κ3) is 7.99. The van der Waals surface area contributed by atoms with Crippen LogP contribution < -0.4 is 0 Å². The second-order valence-electron chi connectivity index (χ2n) is 8.69. The predicted octanol–water partition coefficient (Wildman–Crippen LogP) is 8.32. The van der Waals surface area contributed by atoms with Crippen LogP contribution in [-0.4, -0.2) is 6.61 Å². The van der Waals surface area contributed by atoms with Crippen molar-refractivity contribution in [1.82, 2.24) is 0 Å². The zero-order valence-corrected chi connectivity index (χ0v) is 19.1. The molecule has 0 heterocycles. The van der Waals surface area contributed by atoms with Gasteiger partial charge in [-0.2, -0.15) is 0 Å². The Labute approximate surface area is 189 Å². The Balaban J connectivity index is 1.41. The highest BCUT2D eigenvalue weighted by molar-refractivity contribution is 5.63. The molecule has 0 aliphatic heterocycles. The van der Waals surface area contributed by atoms with E-state index in [1.807, 2.05) is 6.08 Å². The zero-order chi connectivity index (χ0) is 21.7. The monoisotopic (exact) mass is 414 g/mol. The predicted molar refractivity (Wildman–Crippen MR) is 134 cm³/mol. The summed E-state index contributed by atoms with van der Waals surface area (Å²) in [6, 6.07) is 17.7. The van der Waals surface area contributed by atoms with Gasteiger partial charge in [0.1, 0.15) is 0 Å². The molecule has 0 aromatic heterocycles. The first kappa shape index (κ1) is 23.3. The first-order chi connectivity index (χ1) is 15.3. The molecule has 0 spiro atoms. The van der Waals surface area contributed by atoms with E-state index in [-0.39, 0.29) is 0 Å². The van der Waals surface area contributed by atoms with Gasteiger partial charge in [0.2, 0.25) is 0 Å². The average Bonchev–Trinajstić information content (AvgIpc) is 2.82. The van der Waals surface area contributed by atoms with Gasteiger partial charge in [0, 0.05) is 0 Å².